The van der Waals surface area contributed by atoms with E-state index in [9.17, 15) is 0 Å². The molecule has 0 saturated heterocycles. The SMILES string of the molecule is Cc1ccc2cc(Cl)n(CCCN)c2c1. The molecule has 1 aromatic carbocycles. The molecular weight excluding hydrogens is 208 g/mol. The van der Waals surface area contributed by atoms with Crippen molar-refractivity contribution in [1.82, 2.24) is 4.57 Å². The van der Waals surface area contributed by atoms with Crippen molar-refractivity contribution in [3.05, 3.63) is 35.0 Å². The van der Waals surface area contributed by atoms with Crippen molar-refractivity contribution in [1.29, 1.82) is 0 Å². The van der Waals surface area contributed by atoms with E-state index in [0.29, 0.717) is 6.54 Å². The molecule has 2 aromatic rings. The summed E-state index contributed by atoms with van der Waals surface area (Å²) in [6.45, 7) is 3.68. The van der Waals surface area contributed by atoms with Gasteiger partial charge in [-0.15, -0.1) is 0 Å². The van der Waals surface area contributed by atoms with Crippen molar-refractivity contribution < 1.29 is 0 Å². The van der Waals surface area contributed by atoms with Gasteiger partial charge in [-0.1, -0.05) is 23.7 Å². The van der Waals surface area contributed by atoms with E-state index in [0.717, 1.165) is 18.1 Å². The summed E-state index contributed by atoms with van der Waals surface area (Å²) >= 11 is 6.18. The van der Waals surface area contributed by atoms with Gasteiger partial charge in [0.05, 0.1) is 0 Å². The average Bonchev–Trinajstić information content (AvgIpc) is 2.51. The van der Waals surface area contributed by atoms with E-state index in [2.05, 4.69) is 29.7 Å². The van der Waals surface area contributed by atoms with Gasteiger partial charge in [0.1, 0.15) is 5.15 Å². The van der Waals surface area contributed by atoms with Gasteiger partial charge in [0.25, 0.3) is 0 Å². The van der Waals surface area contributed by atoms with Crippen LogP contribution in [-0.4, -0.2) is 11.1 Å². The summed E-state index contributed by atoms with van der Waals surface area (Å²) in [7, 11) is 0. The fourth-order valence-corrected chi connectivity index (χ4v) is 2.10. The minimum Gasteiger partial charge on any atom is -0.332 e. The quantitative estimate of drug-likeness (QED) is 0.851. The Morgan fingerprint density at radius 1 is 1.33 bits per heavy atom. The van der Waals surface area contributed by atoms with Crippen LogP contribution in [0.3, 0.4) is 0 Å². The smallest absolute Gasteiger partial charge is 0.109 e. The summed E-state index contributed by atoms with van der Waals surface area (Å²) in [5.41, 5.74) is 7.97. The summed E-state index contributed by atoms with van der Waals surface area (Å²) in [4.78, 5) is 0. The molecule has 2 N–H and O–H groups in total. The van der Waals surface area contributed by atoms with Gasteiger partial charge in [-0.25, -0.2) is 0 Å². The normalized spacial score (nSPS) is 11.1. The number of aromatic nitrogens is 1. The Hall–Kier alpha value is -0.990. The molecule has 3 heteroatoms. The molecule has 2 nitrogen and oxygen atoms in total. The van der Waals surface area contributed by atoms with Crippen LogP contribution >= 0.6 is 11.6 Å². The van der Waals surface area contributed by atoms with Gasteiger partial charge in [-0.05, 0) is 37.6 Å². The number of hydrogen-bond acceptors (Lipinski definition) is 1. The van der Waals surface area contributed by atoms with Gasteiger partial charge in [-0.2, -0.15) is 0 Å². The topological polar surface area (TPSA) is 30.9 Å². The van der Waals surface area contributed by atoms with Crippen molar-refractivity contribution in [2.75, 3.05) is 6.54 Å². The van der Waals surface area contributed by atoms with E-state index >= 15 is 0 Å². The van der Waals surface area contributed by atoms with Crippen LogP contribution < -0.4 is 5.73 Å². The van der Waals surface area contributed by atoms with Gasteiger partial charge in [0, 0.05) is 17.4 Å². The van der Waals surface area contributed by atoms with E-state index in [1.807, 2.05) is 6.07 Å². The zero-order chi connectivity index (χ0) is 10.8. The van der Waals surface area contributed by atoms with Crippen molar-refractivity contribution in [2.45, 2.75) is 19.9 Å². The molecule has 0 saturated carbocycles. The first-order valence-electron chi connectivity index (χ1n) is 5.18. The second kappa shape index (κ2) is 4.25. The Kier molecular flexibility index (Phi) is 2.98. The van der Waals surface area contributed by atoms with Gasteiger partial charge in [-0.3, -0.25) is 0 Å². The zero-order valence-corrected chi connectivity index (χ0v) is 9.59. The van der Waals surface area contributed by atoms with Crippen LogP contribution in [0.15, 0.2) is 24.3 Å². The molecule has 80 valence electrons. The average molecular weight is 223 g/mol. The van der Waals surface area contributed by atoms with Crippen LogP contribution in [0, 0.1) is 6.92 Å². The third kappa shape index (κ3) is 2.01. The Morgan fingerprint density at radius 3 is 2.87 bits per heavy atom. The van der Waals surface area contributed by atoms with Crippen LogP contribution in [0.2, 0.25) is 5.15 Å². The van der Waals surface area contributed by atoms with Crippen LogP contribution in [0.1, 0.15) is 12.0 Å². The van der Waals surface area contributed by atoms with E-state index < -0.39 is 0 Å². The van der Waals surface area contributed by atoms with Gasteiger partial charge < -0.3 is 10.3 Å². The highest BCUT2D eigenvalue weighted by atomic mass is 35.5. The second-order valence-corrected chi connectivity index (χ2v) is 4.21. The summed E-state index contributed by atoms with van der Waals surface area (Å²) in [5, 5.41) is 1.99. The first-order chi connectivity index (χ1) is 7.22. The molecular formula is C12H15ClN2. The molecule has 0 aliphatic carbocycles. The molecule has 1 aromatic heterocycles. The van der Waals surface area contributed by atoms with E-state index in [1.165, 1.54) is 16.5 Å². The molecule has 0 amide bonds. The van der Waals surface area contributed by atoms with E-state index in [-0.39, 0.29) is 0 Å². The van der Waals surface area contributed by atoms with Crippen LogP contribution in [-0.2, 0) is 6.54 Å². The molecule has 0 aliphatic rings. The number of halogens is 1. The Bertz CT molecular complexity index is 474. The lowest BCUT2D eigenvalue weighted by Gasteiger charge is -2.06. The Balaban J connectivity index is 2.50. The van der Waals surface area contributed by atoms with Gasteiger partial charge in [0.15, 0.2) is 0 Å². The highest BCUT2D eigenvalue weighted by Gasteiger charge is 2.06. The number of hydrogen-bond donors (Lipinski definition) is 1. The van der Waals surface area contributed by atoms with Crippen LogP contribution in [0.25, 0.3) is 10.9 Å². The number of benzene rings is 1. The molecule has 15 heavy (non-hydrogen) atoms. The fraction of sp³-hybridized carbons (Fsp3) is 0.333. The molecule has 1 heterocycles. The number of nitrogens with zero attached hydrogens (tertiary/aromatic N) is 1. The Morgan fingerprint density at radius 2 is 2.13 bits per heavy atom. The van der Waals surface area contributed by atoms with Crippen LogP contribution in [0.5, 0.6) is 0 Å². The first kappa shape index (κ1) is 10.5. The maximum atomic E-state index is 6.18. The Labute approximate surface area is 94.6 Å². The molecule has 0 bridgehead atoms. The molecule has 2 rings (SSSR count). The largest absolute Gasteiger partial charge is 0.332 e. The first-order valence-corrected chi connectivity index (χ1v) is 5.55. The zero-order valence-electron chi connectivity index (χ0n) is 8.83. The standard InChI is InChI=1S/C12H15ClN2/c1-9-3-4-10-8-12(13)15(6-2-5-14)11(10)7-9/h3-4,7-8H,2,5-6,14H2,1H3. The van der Waals surface area contributed by atoms with Crippen molar-refractivity contribution in [3.63, 3.8) is 0 Å². The summed E-state index contributed by atoms with van der Waals surface area (Å²) in [5.74, 6) is 0. The highest BCUT2D eigenvalue weighted by molar-refractivity contribution is 6.30. The molecule has 0 aliphatic heterocycles. The summed E-state index contributed by atoms with van der Waals surface area (Å²) in [6.07, 6.45) is 0.956. The van der Waals surface area contributed by atoms with Crippen molar-refractivity contribution >= 4 is 22.5 Å². The number of rotatable bonds is 3. The summed E-state index contributed by atoms with van der Waals surface area (Å²) in [6, 6.07) is 8.38. The number of nitrogens with two attached hydrogens (primary N) is 1. The fourth-order valence-electron chi connectivity index (χ4n) is 1.81. The molecule has 0 fully saturated rings. The third-order valence-corrected chi connectivity index (χ3v) is 2.91. The molecule has 0 spiro atoms. The van der Waals surface area contributed by atoms with E-state index in [1.54, 1.807) is 0 Å². The van der Waals surface area contributed by atoms with Gasteiger partial charge in [0.2, 0.25) is 0 Å². The number of fused-ring (bicyclic) bond motifs is 1. The predicted octanol–water partition coefficient (Wildman–Crippen LogP) is 2.95. The molecule has 0 unspecified atom stereocenters. The molecule has 0 atom stereocenters. The maximum Gasteiger partial charge on any atom is 0.109 e. The lowest BCUT2D eigenvalue weighted by atomic mass is 10.2. The van der Waals surface area contributed by atoms with E-state index in [4.69, 9.17) is 17.3 Å². The summed E-state index contributed by atoms with van der Waals surface area (Å²) < 4.78 is 2.12. The van der Waals surface area contributed by atoms with Crippen LogP contribution in [0.4, 0.5) is 0 Å². The maximum absolute atomic E-state index is 6.18. The minimum atomic E-state index is 0.696. The highest BCUT2D eigenvalue weighted by Crippen LogP contribution is 2.24. The monoisotopic (exact) mass is 222 g/mol. The second-order valence-electron chi connectivity index (χ2n) is 3.82. The number of aryl methyl sites for hydroxylation is 2. The lowest BCUT2D eigenvalue weighted by Crippen LogP contribution is -2.05. The third-order valence-electron chi connectivity index (χ3n) is 2.60. The minimum absolute atomic E-state index is 0.696. The molecule has 0 radical (unpaired) electrons. The lowest BCUT2D eigenvalue weighted by molar-refractivity contribution is 0.671. The predicted molar refractivity (Wildman–Crippen MR) is 65.4 cm³/mol. The van der Waals surface area contributed by atoms with Crippen molar-refractivity contribution in [2.24, 2.45) is 5.73 Å². The van der Waals surface area contributed by atoms with Crippen molar-refractivity contribution in [3.8, 4) is 0 Å². The van der Waals surface area contributed by atoms with Gasteiger partial charge >= 0.3 is 0 Å².